The average molecular weight is 578 g/mol. The zero-order chi connectivity index (χ0) is 27.9. The summed E-state index contributed by atoms with van der Waals surface area (Å²) in [4.78, 5) is 11.9. The number of nitrogens with zero attached hydrogens (tertiary/aromatic N) is 1. The van der Waals surface area contributed by atoms with Gasteiger partial charge in [-0.2, -0.15) is 4.31 Å². The number of carboxylic acids is 1. The van der Waals surface area contributed by atoms with Gasteiger partial charge in [-0.25, -0.2) is 9.00 Å². The summed E-state index contributed by atoms with van der Waals surface area (Å²) in [6.07, 6.45) is 0.653. The summed E-state index contributed by atoms with van der Waals surface area (Å²) in [7, 11) is 1.45. The van der Waals surface area contributed by atoms with E-state index in [4.69, 9.17) is 35.3 Å². The second-order valence-electron chi connectivity index (χ2n) is 7.95. The van der Waals surface area contributed by atoms with E-state index in [1.807, 2.05) is 30.3 Å². The van der Waals surface area contributed by atoms with Crippen molar-refractivity contribution in [3.05, 3.63) is 89.0 Å². The van der Waals surface area contributed by atoms with Crippen molar-refractivity contribution in [3.63, 3.8) is 0 Å². The van der Waals surface area contributed by atoms with Gasteiger partial charge in [0.25, 0.3) is 11.3 Å². The number of hydrogen-bond donors (Lipinski definition) is 3. The van der Waals surface area contributed by atoms with E-state index in [1.54, 1.807) is 6.07 Å². The zero-order valence-corrected chi connectivity index (χ0v) is 22.1. The molecule has 13 heteroatoms. The molecular formula is C26H24ClNO10S. The number of ether oxygens (including phenoxy) is 5. The first-order chi connectivity index (χ1) is 18.8. The van der Waals surface area contributed by atoms with Gasteiger partial charge in [-0.15, -0.1) is 0 Å². The minimum atomic E-state index is -2.80. The van der Waals surface area contributed by atoms with Crippen LogP contribution in [0.5, 0.6) is 23.0 Å². The Kier molecular flexibility index (Phi) is 9.15. The van der Waals surface area contributed by atoms with E-state index in [9.17, 15) is 23.8 Å². The number of carbonyl (C=O) groups is 1. The van der Waals surface area contributed by atoms with Gasteiger partial charge in [-0.05, 0) is 29.8 Å². The smallest absolute Gasteiger partial charge is 0.335 e. The molecular weight excluding hydrogens is 554 g/mol. The Hall–Kier alpha value is -3.97. The van der Waals surface area contributed by atoms with E-state index in [2.05, 4.69) is 0 Å². The molecule has 2 atom stereocenters. The molecule has 1 aliphatic heterocycles. The number of aliphatic hydroxyl groups is 1. The van der Waals surface area contributed by atoms with Gasteiger partial charge in [0.05, 0.1) is 24.3 Å². The van der Waals surface area contributed by atoms with Crippen molar-refractivity contribution in [1.82, 2.24) is 0 Å². The van der Waals surface area contributed by atoms with E-state index in [0.29, 0.717) is 12.2 Å². The number of aromatic carboxylic acids is 1. The van der Waals surface area contributed by atoms with Crippen molar-refractivity contribution >= 4 is 34.5 Å². The number of rotatable bonds is 12. The molecule has 3 aromatic rings. The standard InChI is InChI=1S/C26H24ClNO10S/c1-34-18-7-8-19(27)21(14-18)37-25-20(12-17(26(30)31)13-22(25)35-10-9-29)28(39(32)33)23-15-36-24(38-23)11-16-5-3-2-4-6-16/h2-8,12-15,24,29H,9-11H2,1H3,(H,30,31)(H,32,33). The molecule has 3 N–H and O–H groups in total. The van der Waals surface area contributed by atoms with Crippen molar-refractivity contribution < 1.29 is 47.5 Å². The molecule has 0 fully saturated rings. The number of halogens is 1. The zero-order valence-electron chi connectivity index (χ0n) is 20.5. The first-order valence-electron chi connectivity index (χ1n) is 11.4. The fourth-order valence-electron chi connectivity index (χ4n) is 3.62. The molecule has 11 nitrogen and oxygen atoms in total. The van der Waals surface area contributed by atoms with Crippen LogP contribution in [0, 0.1) is 0 Å². The monoisotopic (exact) mass is 577 g/mol. The third-order valence-corrected chi connectivity index (χ3v) is 6.38. The quantitative estimate of drug-likeness (QED) is 0.262. The molecule has 2 unspecified atom stereocenters. The van der Waals surface area contributed by atoms with E-state index in [0.717, 1.165) is 28.3 Å². The molecule has 0 amide bonds. The van der Waals surface area contributed by atoms with Crippen LogP contribution < -0.4 is 18.5 Å². The first kappa shape index (κ1) is 28.0. The van der Waals surface area contributed by atoms with Crippen LogP contribution in [0.25, 0.3) is 0 Å². The normalized spacial score (nSPS) is 15.0. The van der Waals surface area contributed by atoms with Crippen LogP contribution in [-0.2, 0) is 27.2 Å². The fraction of sp³-hybridized carbons (Fsp3) is 0.192. The van der Waals surface area contributed by atoms with Crippen LogP contribution >= 0.6 is 11.6 Å². The van der Waals surface area contributed by atoms with Crippen LogP contribution in [0.15, 0.2) is 72.8 Å². The minimum absolute atomic E-state index is 0.0809. The van der Waals surface area contributed by atoms with Gasteiger partial charge in [0.1, 0.15) is 30.1 Å². The predicted molar refractivity (Wildman–Crippen MR) is 141 cm³/mol. The molecule has 0 saturated carbocycles. The highest BCUT2D eigenvalue weighted by Gasteiger charge is 2.33. The molecule has 1 heterocycles. The van der Waals surface area contributed by atoms with Crippen molar-refractivity contribution in [2.75, 3.05) is 24.6 Å². The molecule has 206 valence electrons. The Morgan fingerprint density at radius 1 is 1.13 bits per heavy atom. The number of anilines is 1. The molecule has 0 saturated heterocycles. The molecule has 1 aliphatic rings. The Morgan fingerprint density at radius 2 is 1.90 bits per heavy atom. The van der Waals surface area contributed by atoms with Crippen LogP contribution in [0.4, 0.5) is 5.69 Å². The Bertz CT molecular complexity index is 1380. The van der Waals surface area contributed by atoms with Crippen LogP contribution in [-0.4, -0.2) is 51.6 Å². The van der Waals surface area contributed by atoms with E-state index in [1.165, 1.54) is 19.2 Å². The van der Waals surface area contributed by atoms with Crippen molar-refractivity contribution in [2.45, 2.75) is 12.7 Å². The lowest BCUT2D eigenvalue weighted by molar-refractivity contribution is -0.0298. The van der Waals surface area contributed by atoms with Crippen LogP contribution in [0.2, 0.25) is 5.02 Å². The molecule has 0 aliphatic carbocycles. The van der Waals surface area contributed by atoms with Crippen LogP contribution in [0.3, 0.4) is 0 Å². The van der Waals surface area contributed by atoms with E-state index >= 15 is 0 Å². The van der Waals surface area contributed by atoms with Gasteiger partial charge in [0, 0.05) is 12.5 Å². The molecule has 3 aromatic carbocycles. The topological polar surface area (TPSA) is 144 Å². The SMILES string of the molecule is COc1ccc(Cl)c(Oc2c(OCCO)cc(C(=O)O)cc2N(C2=COC(Cc3ccccc3)O2)S(=O)O)c1. The number of methoxy groups -OCH3 is 1. The number of benzene rings is 3. The third kappa shape index (κ3) is 6.73. The molecule has 39 heavy (non-hydrogen) atoms. The molecule has 4 rings (SSSR count). The summed E-state index contributed by atoms with van der Waals surface area (Å²) >= 11 is 3.53. The highest BCUT2D eigenvalue weighted by molar-refractivity contribution is 7.81. The lowest BCUT2D eigenvalue weighted by atomic mass is 10.1. The van der Waals surface area contributed by atoms with Crippen LogP contribution in [0.1, 0.15) is 15.9 Å². The third-order valence-electron chi connectivity index (χ3n) is 5.37. The highest BCUT2D eigenvalue weighted by Crippen LogP contribution is 2.46. The first-order valence-corrected chi connectivity index (χ1v) is 12.9. The van der Waals surface area contributed by atoms with Crippen molar-refractivity contribution in [1.29, 1.82) is 0 Å². The Balaban J connectivity index is 1.79. The summed E-state index contributed by atoms with van der Waals surface area (Å²) < 4.78 is 52.0. The minimum Gasteiger partial charge on any atom is -0.497 e. The van der Waals surface area contributed by atoms with Crippen molar-refractivity contribution in [2.24, 2.45) is 0 Å². The average Bonchev–Trinajstić information content (AvgIpc) is 3.37. The maximum absolute atomic E-state index is 12.7. The molecule has 0 aromatic heterocycles. The summed E-state index contributed by atoms with van der Waals surface area (Å²) in [5, 5.41) is 19.2. The number of hydrogen-bond acceptors (Lipinski definition) is 8. The van der Waals surface area contributed by atoms with Gasteiger partial charge < -0.3 is 33.9 Å². The van der Waals surface area contributed by atoms with Gasteiger partial charge in [0.2, 0.25) is 12.2 Å². The second-order valence-corrected chi connectivity index (χ2v) is 9.19. The lowest BCUT2D eigenvalue weighted by Gasteiger charge is -2.25. The summed E-state index contributed by atoms with van der Waals surface area (Å²) in [6, 6.07) is 16.2. The molecule has 0 radical (unpaired) electrons. The van der Waals surface area contributed by atoms with Gasteiger partial charge in [-0.1, -0.05) is 41.9 Å². The maximum Gasteiger partial charge on any atom is 0.335 e. The number of aliphatic hydroxyl groups excluding tert-OH is 1. The maximum atomic E-state index is 12.7. The summed E-state index contributed by atoms with van der Waals surface area (Å²) in [5.74, 6) is -1.38. The Labute approximate surface area is 231 Å². The van der Waals surface area contributed by atoms with Gasteiger partial charge in [-0.3, -0.25) is 4.55 Å². The Morgan fingerprint density at radius 3 is 2.56 bits per heavy atom. The summed E-state index contributed by atoms with van der Waals surface area (Å²) in [6.45, 7) is -0.626. The van der Waals surface area contributed by atoms with Crippen molar-refractivity contribution in [3.8, 4) is 23.0 Å². The molecule has 0 bridgehead atoms. The highest BCUT2D eigenvalue weighted by atomic mass is 35.5. The molecule has 0 spiro atoms. The van der Waals surface area contributed by atoms with E-state index < -0.39 is 30.1 Å². The largest absolute Gasteiger partial charge is 0.497 e. The van der Waals surface area contributed by atoms with Gasteiger partial charge in [0.15, 0.2) is 11.5 Å². The lowest BCUT2D eigenvalue weighted by Crippen LogP contribution is -2.27. The number of carboxylic acid groups (broad SMARTS) is 1. The summed E-state index contributed by atoms with van der Waals surface area (Å²) in [5.41, 5.74) is 0.397. The fourth-order valence-corrected chi connectivity index (χ4v) is 4.32. The predicted octanol–water partition coefficient (Wildman–Crippen LogP) is 4.57. The second kappa shape index (κ2) is 12.7. The van der Waals surface area contributed by atoms with E-state index in [-0.39, 0.29) is 46.0 Å². The van der Waals surface area contributed by atoms with Gasteiger partial charge >= 0.3 is 5.97 Å².